The Morgan fingerprint density at radius 2 is 1.48 bits per heavy atom. The minimum atomic E-state index is -0.00986. The molecule has 2 nitrogen and oxygen atoms in total. The first-order valence-electron chi connectivity index (χ1n) is 7.18. The Balaban J connectivity index is 1.88. The maximum Gasteiger partial charge on any atom is 0.193 e. The van der Waals surface area contributed by atoms with Gasteiger partial charge in [-0.25, -0.2) is 0 Å². The summed E-state index contributed by atoms with van der Waals surface area (Å²) in [6, 6.07) is 17.2. The van der Waals surface area contributed by atoms with Gasteiger partial charge in [0.25, 0.3) is 0 Å². The summed E-state index contributed by atoms with van der Waals surface area (Å²) in [5, 5.41) is 0.728. The molecule has 0 bridgehead atoms. The van der Waals surface area contributed by atoms with E-state index in [1.54, 1.807) is 18.7 Å². The third-order valence-corrected chi connectivity index (χ3v) is 4.71. The van der Waals surface area contributed by atoms with Crippen LogP contribution in [0.3, 0.4) is 0 Å². The Morgan fingerprint density at radius 1 is 0.913 bits per heavy atom. The molecule has 0 N–H and O–H groups in total. The fraction of sp³-hybridized carbons (Fsp3) is 0.105. The molecule has 0 unspecified atom stereocenters. The molecule has 3 aromatic rings. The number of aryl methyl sites for hydroxylation is 2. The molecule has 0 fully saturated rings. The zero-order chi connectivity index (χ0) is 16.4. The minimum Gasteiger partial charge on any atom is -0.466 e. The van der Waals surface area contributed by atoms with Crippen LogP contribution in [0, 0.1) is 13.8 Å². The van der Waals surface area contributed by atoms with Crippen LogP contribution in [-0.4, -0.2) is 0 Å². The van der Waals surface area contributed by atoms with Crippen molar-refractivity contribution in [2.75, 3.05) is 0 Å². The predicted octanol–water partition coefficient (Wildman–Crippen LogP) is 5.73. The summed E-state index contributed by atoms with van der Waals surface area (Å²) in [4.78, 5) is 14.4. The highest BCUT2D eigenvalue weighted by molar-refractivity contribution is 7.99. The third kappa shape index (κ3) is 3.69. The van der Waals surface area contributed by atoms with Gasteiger partial charge >= 0.3 is 0 Å². The molecule has 0 amide bonds. The standard InChI is InChI=1S/C19H15ClO2S/c1-12-11-18(21)19(13(2)22-12)14-3-7-16(8-4-14)23-17-9-5-15(20)6-10-17/h3-11H,1-2H3. The fourth-order valence-corrected chi connectivity index (χ4v) is 3.37. The Kier molecular flexibility index (Phi) is 4.60. The lowest BCUT2D eigenvalue weighted by Crippen LogP contribution is -2.06. The van der Waals surface area contributed by atoms with Gasteiger partial charge in [0.2, 0.25) is 0 Å². The van der Waals surface area contributed by atoms with Crippen LogP contribution >= 0.6 is 23.4 Å². The predicted molar refractivity (Wildman–Crippen MR) is 95.5 cm³/mol. The summed E-state index contributed by atoms with van der Waals surface area (Å²) in [7, 11) is 0. The van der Waals surface area contributed by atoms with Gasteiger partial charge in [-0.3, -0.25) is 4.79 Å². The van der Waals surface area contributed by atoms with Crippen molar-refractivity contribution in [1.82, 2.24) is 0 Å². The number of hydrogen-bond acceptors (Lipinski definition) is 3. The van der Waals surface area contributed by atoms with E-state index in [2.05, 4.69) is 0 Å². The van der Waals surface area contributed by atoms with Crippen LogP contribution in [0.15, 0.2) is 73.6 Å². The Morgan fingerprint density at radius 3 is 2.04 bits per heavy atom. The number of halogens is 1. The van der Waals surface area contributed by atoms with Gasteiger partial charge in [0.1, 0.15) is 11.5 Å². The van der Waals surface area contributed by atoms with Gasteiger partial charge in [0, 0.05) is 20.9 Å². The molecule has 1 aromatic heterocycles. The highest BCUT2D eigenvalue weighted by Gasteiger charge is 2.10. The Hall–Kier alpha value is -1.97. The second-order valence-corrected chi connectivity index (χ2v) is 6.82. The average molecular weight is 343 g/mol. The first kappa shape index (κ1) is 15.9. The van der Waals surface area contributed by atoms with E-state index in [-0.39, 0.29) is 5.43 Å². The molecule has 0 spiro atoms. The molecule has 1 heterocycles. The van der Waals surface area contributed by atoms with E-state index in [1.807, 2.05) is 55.5 Å². The number of rotatable bonds is 3. The fourth-order valence-electron chi connectivity index (χ4n) is 2.43. The lowest BCUT2D eigenvalue weighted by Gasteiger charge is -2.07. The second-order valence-electron chi connectivity index (χ2n) is 5.23. The molecule has 0 aliphatic heterocycles. The van der Waals surface area contributed by atoms with Gasteiger partial charge in [0.05, 0.1) is 5.56 Å². The molecule has 23 heavy (non-hydrogen) atoms. The molecule has 0 radical (unpaired) electrons. The Labute approximate surface area is 144 Å². The van der Waals surface area contributed by atoms with Crippen LogP contribution in [0.4, 0.5) is 0 Å². The minimum absolute atomic E-state index is 0.00986. The van der Waals surface area contributed by atoms with Crippen molar-refractivity contribution in [2.24, 2.45) is 0 Å². The summed E-state index contributed by atoms with van der Waals surface area (Å²) in [5.41, 5.74) is 1.49. The van der Waals surface area contributed by atoms with Gasteiger partial charge in [-0.1, -0.05) is 35.5 Å². The zero-order valence-corrected chi connectivity index (χ0v) is 14.4. The highest BCUT2D eigenvalue weighted by atomic mass is 35.5. The molecule has 0 atom stereocenters. The van der Waals surface area contributed by atoms with Gasteiger partial charge in [-0.2, -0.15) is 0 Å². The quantitative estimate of drug-likeness (QED) is 0.609. The third-order valence-electron chi connectivity index (χ3n) is 3.44. The second kappa shape index (κ2) is 6.65. The monoisotopic (exact) mass is 342 g/mol. The van der Waals surface area contributed by atoms with Crippen LogP contribution < -0.4 is 5.43 Å². The maximum atomic E-state index is 12.2. The van der Waals surface area contributed by atoms with Crippen molar-refractivity contribution < 1.29 is 4.42 Å². The van der Waals surface area contributed by atoms with Crippen LogP contribution in [-0.2, 0) is 0 Å². The van der Waals surface area contributed by atoms with Gasteiger partial charge in [-0.15, -0.1) is 0 Å². The summed E-state index contributed by atoms with van der Waals surface area (Å²) < 4.78 is 5.56. The molecule has 116 valence electrons. The van der Waals surface area contributed by atoms with Crippen LogP contribution in [0.2, 0.25) is 5.02 Å². The molecular formula is C19H15ClO2S. The smallest absolute Gasteiger partial charge is 0.193 e. The molecule has 3 rings (SSSR count). The zero-order valence-electron chi connectivity index (χ0n) is 12.8. The molecule has 0 aliphatic rings. The van der Waals surface area contributed by atoms with E-state index < -0.39 is 0 Å². The Bertz CT molecular complexity index is 881. The van der Waals surface area contributed by atoms with Crippen molar-refractivity contribution >= 4 is 23.4 Å². The molecular weight excluding hydrogens is 328 g/mol. The topological polar surface area (TPSA) is 30.2 Å². The van der Waals surface area contributed by atoms with Gasteiger partial charge in [-0.05, 0) is 55.8 Å². The first-order valence-corrected chi connectivity index (χ1v) is 8.37. The van der Waals surface area contributed by atoms with Gasteiger partial charge < -0.3 is 4.42 Å². The van der Waals surface area contributed by atoms with Crippen molar-refractivity contribution in [3.8, 4) is 11.1 Å². The number of benzene rings is 2. The lowest BCUT2D eigenvalue weighted by atomic mass is 10.0. The summed E-state index contributed by atoms with van der Waals surface area (Å²) in [6.45, 7) is 3.60. The summed E-state index contributed by atoms with van der Waals surface area (Å²) in [5.74, 6) is 1.28. The van der Waals surface area contributed by atoms with Crippen molar-refractivity contribution in [2.45, 2.75) is 23.6 Å². The average Bonchev–Trinajstić information content (AvgIpc) is 2.50. The highest BCUT2D eigenvalue weighted by Crippen LogP contribution is 2.30. The summed E-state index contributed by atoms with van der Waals surface area (Å²) >= 11 is 7.55. The van der Waals surface area contributed by atoms with Crippen LogP contribution in [0.25, 0.3) is 11.1 Å². The SMILES string of the molecule is Cc1cc(=O)c(-c2ccc(Sc3ccc(Cl)cc3)cc2)c(C)o1. The summed E-state index contributed by atoms with van der Waals surface area (Å²) in [6.07, 6.45) is 0. The number of hydrogen-bond donors (Lipinski definition) is 0. The van der Waals surface area contributed by atoms with E-state index in [9.17, 15) is 4.79 Å². The van der Waals surface area contributed by atoms with E-state index in [0.29, 0.717) is 17.1 Å². The molecule has 0 saturated heterocycles. The lowest BCUT2D eigenvalue weighted by molar-refractivity contribution is 0.486. The molecule has 4 heteroatoms. The van der Waals surface area contributed by atoms with E-state index >= 15 is 0 Å². The molecule has 2 aromatic carbocycles. The van der Waals surface area contributed by atoms with E-state index in [0.717, 1.165) is 20.4 Å². The maximum absolute atomic E-state index is 12.2. The largest absolute Gasteiger partial charge is 0.466 e. The van der Waals surface area contributed by atoms with Crippen molar-refractivity contribution in [1.29, 1.82) is 0 Å². The normalized spacial score (nSPS) is 10.7. The van der Waals surface area contributed by atoms with E-state index in [1.165, 1.54) is 6.07 Å². The molecule has 0 aliphatic carbocycles. The van der Waals surface area contributed by atoms with Crippen LogP contribution in [0.1, 0.15) is 11.5 Å². The van der Waals surface area contributed by atoms with Crippen LogP contribution in [0.5, 0.6) is 0 Å². The van der Waals surface area contributed by atoms with E-state index in [4.69, 9.17) is 16.0 Å². The first-order chi connectivity index (χ1) is 11.0. The van der Waals surface area contributed by atoms with Crippen molar-refractivity contribution in [3.63, 3.8) is 0 Å². The van der Waals surface area contributed by atoms with Crippen molar-refractivity contribution in [3.05, 3.63) is 81.4 Å². The molecule has 0 saturated carbocycles. The van der Waals surface area contributed by atoms with Gasteiger partial charge in [0.15, 0.2) is 5.43 Å².